The summed E-state index contributed by atoms with van der Waals surface area (Å²) in [5, 5.41) is 8.23. The first kappa shape index (κ1) is 18.3. The molecule has 0 aliphatic carbocycles. The van der Waals surface area contributed by atoms with E-state index in [2.05, 4.69) is 10.2 Å². The normalized spacial score (nSPS) is 15.0. The molecule has 28 heavy (non-hydrogen) atoms. The van der Waals surface area contributed by atoms with Crippen LogP contribution in [0.3, 0.4) is 0 Å². The third-order valence-electron chi connectivity index (χ3n) is 5.02. The number of carbonyl (C=O) groups excluding carboxylic acids is 1. The van der Waals surface area contributed by atoms with Gasteiger partial charge in [0.25, 0.3) is 5.91 Å². The Labute approximate surface area is 161 Å². The van der Waals surface area contributed by atoms with Gasteiger partial charge in [0.15, 0.2) is 11.6 Å². The quantitative estimate of drug-likeness (QED) is 0.680. The van der Waals surface area contributed by atoms with E-state index in [-0.39, 0.29) is 11.5 Å². The summed E-state index contributed by atoms with van der Waals surface area (Å²) in [6.07, 6.45) is 2.24. The predicted molar refractivity (Wildman–Crippen MR) is 98.4 cm³/mol. The summed E-state index contributed by atoms with van der Waals surface area (Å²) in [7, 11) is 0. The maximum Gasteiger partial charge on any atom is 0.253 e. The van der Waals surface area contributed by atoms with Crippen LogP contribution in [0.2, 0.25) is 0 Å². The molecule has 5 nitrogen and oxygen atoms in total. The van der Waals surface area contributed by atoms with Crippen molar-refractivity contribution in [2.75, 3.05) is 13.1 Å². The average Bonchev–Trinajstić information content (AvgIpc) is 3.19. The highest BCUT2D eigenvalue weighted by atomic mass is 19.2. The maximum absolute atomic E-state index is 13.4. The van der Waals surface area contributed by atoms with Crippen LogP contribution in [0.25, 0.3) is 11.5 Å². The Morgan fingerprint density at radius 3 is 2.50 bits per heavy atom. The van der Waals surface area contributed by atoms with E-state index in [1.807, 2.05) is 30.3 Å². The van der Waals surface area contributed by atoms with Gasteiger partial charge in [0.2, 0.25) is 11.8 Å². The molecule has 1 saturated heterocycles. The molecule has 1 fully saturated rings. The van der Waals surface area contributed by atoms with E-state index < -0.39 is 11.6 Å². The first-order chi connectivity index (χ1) is 13.6. The van der Waals surface area contributed by atoms with Gasteiger partial charge in [0.1, 0.15) is 0 Å². The lowest BCUT2D eigenvalue weighted by Gasteiger charge is -2.31. The Bertz CT molecular complexity index is 967. The molecule has 1 aliphatic rings. The lowest BCUT2D eigenvalue weighted by Crippen LogP contribution is -2.39. The van der Waals surface area contributed by atoms with Gasteiger partial charge in [-0.25, -0.2) is 8.78 Å². The summed E-state index contributed by atoms with van der Waals surface area (Å²) in [5.41, 5.74) is 1.05. The highest BCUT2D eigenvalue weighted by Crippen LogP contribution is 2.24. The molecule has 2 heterocycles. The second-order valence-corrected chi connectivity index (χ2v) is 6.94. The van der Waals surface area contributed by atoms with Crippen molar-refractivity contribution in [3.8, 4) is 11.5 Å². The fourth-order valence-corrected chi connectivity index (χ4v) is 3.43. The molecule has 0 saturated carbocycles. The van der Waals surface area contributed by atoms with Crippen molar-refractivity contribution >= 4 is 5.91 Å². The largest absolute Gasteiger partial charge is 0.421 e. The molecule has 144 valence electrons. The van der Waals surface area contributed by atoms with Gasteiger partial charge in [0.05, 0.1) is 0 Å². The van der Waals surface area contributed by atoms with Gasteiger partial charge in [-0.3, -0.25) is 4.79 Å². The highest BCUT2D eigenvalue weighted by molar-refractivity contribution is 5.94. The fraction of sp³-hybridized carbons (Fsp3) is 0.286. The number of nitrogens with zero attached hydrogens (tertiary/aromatic N) is 3. The molecule has 2 aromatic carbocycles. The van der Waals surface area contributed by atoms with Gasteiger partial charge >= 0.3 is 0 Å². The molecule has 1 amide bonds. The highest BCUT2D eigenvalue weighted by Gasteiger charge is 2.25. The van der Waals surface area contributed by atoms with Crippen LogP contribution >= 0.6 is 0 Å². The SMILES string of the molecule is O=C(c1ccc(F)c(F)c1)N1CCC(Cc2nnc(-c3ccccc3)o2)CC1. The number of carbonyl (C=O) groups is 1. The van der Waals surface area contributed by atoms with Gasteiger partial charge in [-0.2, -0.15) is 0 Å². The van der Waals surface area contributed by atoms with Gasteiger partial charge in [-0.1, -0.05) is 18.2 Å². The summed E-state index contributed by atoms with van der Waals surface area (Å²) in [5.74, 6) is -0.818. The molecule has 1 aliphatic heterocycles. The number of piperidine rings is 1. The first-order valence-corrected chi connectivity index (χ1v) is 9.22. The Hall–Kier alpha value is -3.09. The monoisotopic (exact) mass is 383 g/mol. The number of amides is 1. The van der Waals surface area contributed by atoms with Crippen LogP contribution < -0.4 is 0 Å². The Morgan fingerprint density at radius 1 is 1.04 bits per heavy atom. The zero-order valence-corrected chi connectivity index (χ0v) is 15.1. The summed E-state index contributed by atoms with van der Waals surface area (Å²) in [4.78, 5) is 14.2. The van der Waals surface area contributed by atoms with Crippen LogP contribution in [-0.4, -0.2) is 34.1 Å². The number of hydrogen-bond acceptors (Lipinski definition) is 4. The summed E-state index contributed by atoms with van der Waals surface area (Å²) in [6.45, 7) is 1.12. The van der Waals surface area contributed by atoms with E-state index in [0.29, 0.717) is 37.2 Å². The number of aromatic nitrogens is 2. The van der Waals surface area contributed by atoms with E-state index in [0.717, 1.165) is 30.5 Å². The van der Waals surface area contributed by atoms with Crippen molar-refractivity contribution < 1.29 is 18.0 Å². The van der Waals surface area contributed by atoms with Crippen LogP contribution in [-0.2, 0) is 6.42 Å². The van der Waals surface area contributed by atoms with Crippen molar-refractivity contribution in [3.63, 3.8) is 0 Å². The van der Waals surface area contributed by atoms with E-state index in [4.69, 9.17) is 4.42 Å². The van der Waals surface area contributed by atoms with E-state index in [1.165, 1.54) is 6.07 Å². The average molecular weight is 383 g/mol. The van der Waals surface area contributed by atoms with Gasteiger partial charge < -0.3 is 9.32 Å². The van der Waals surface area contributed by atoms with Crippen LogP contribution in [0.15, 0.2) is 52.9 Å². The predicted octanol–water partition coefficient (Wildman–Crippen LogP) is 4.11. The summed E-state index contributed by atoms with van der Waals surface area (Å²) >= 11 is 0. The lowest BCUT2D eigenvalue weighted by molar-refractivity contribution is 0.0687. The molecule has 0 N–H and O–H groups in total. The van der Waals surface area contributed by atoms with E-state index in [9.17, 15) is 13.6 Å². The fourth-order valence-electron chi connectivity index (χ4n) is 3.43. The number of halogens is 2. The minimum absolute atomic E-state index is 0.168. The molecule has 1 aromatic heterocycles. The van der Waals surface area contributed by atoms with E-state index in [1.54, 1.807) is 4.90 Å². The molecular weight excluding hydrogens is 364 g/mol. The lowest BCUT2D eigenvalue weighted by atomic mass is 9.93. The topological polar surface area (TPSA) is 59.2 Å². The number of hydrogen-bond donors (Lipinski definition) is 0. The zero-order valence-electron chi connectivity index (χ0n) is 15.1. The minimum atomic E-state index is -1.01. The van der Waals surface area contributed by atoms with Gasteiger partial charge in [0, 0.05) is 30.6 Å². The summed E-state index contributed by atoms with van der Waals surface area (Å²) < 4.78 is 32.2. The molecule has 0 atom stereocenters. The second-order valence-electron chi connectivity index (χ2n) is 6.94. The smallest absolute Gasteiger partial charge is 0.253 e. The molecule has 0 radical (unpaired) electrons. The number of likely N-dealkylation sites (tertiary alicyclic amines) is 1. The molecule has 0 unspecified atom stereocenters. The third-order valence-corrected chi connectivity index (χ3v) is 5.02. The molecule has 7 heteroatoms. The number of rotatable bonds is 4. The van der Waals surface area contributed by atoms with Crippen molar-refractivity contribution in [2.45, 2.75) is 19.3 Å². The van der Waals surface area contributed by atoms with Gasteiger partial charge in [-0.05, 0) is 49.1 Å². The minimum Gasteiger partial charge on any atom is -0.421 e. The van der Waals surface area contributed by atoms with Crippen LogP contribution in [0, 0.1) is 17.6 Å². The van der Waals surface area contributed by atoms with Crippen molar-refractivity contribution in [1.29, 1.82) is 0 Å². The van der Waals surface area contributed by atoms with Gasteiger partial charge in [-0.15, -0.1) is 10.2 Å². The third kappa shape index (κ3) is 3.93. The van der Waals surface area contributed by atoms with Crippen molar-refractivity contribution in [3.05, 3.63) is 71.6 Å². The van der Waals surface area contributed by atoms with Crippen LogP contribution in [0.5, 0.6) is 0 Å². The van der Waals surface area contributed by atoms with Crippen LogP contribution in [0.1, 0.15) is 29.1 Å². The number of benzene rings is 2. The first-order valence-electron chi connectivity index (χ1n) is 9.22. The Kier molecular flexibility index (Phi) is 5.14. The van der Waals surface area contributed by atoms with Crippen molar-refractivity contribution in [2.24, 2.45) is 5.92 Å². The van der Waals surface area contributed by atoms with E-state index >= 15 is 0 Å². The van der Waals surface area contributed by atoms with Crippen molar-refractivity contribution in [1.82, 2.24) is 15.1 Å². The Morgan fingerprint density at radius 2 is 1.79 bits per heavy atom. The molecule has 3 aromatic rings. The maximum atomic E-state index is 13.4. The molecule has 0 spiro atoms. The standard InChI is InChI=1S/C21H19F2N3O2/c22-17-7-6-16(13-18(17)23)21(27)26-10-8-14(9-11-26)12-19-24-25-20(28-19)15-4-2-1-3-5-15/h1-7,13-14H,8-12H2. The molecule has 4 rings (SSSR count). The summed E-state index contributed by atoms with van der Waals surface area (Å²) in [6, 6.07) is 12.8. The Balaban J connectivity index is 1.34. The molecular formula is C21H19F2N3O2. The van der Waals surface area contributed by atoms with Crippen LogP contribution in [0.4, 0.5) is 8.78 Å². The second kappa shape index (κ2) is 7.88. The molecule has 0 bridgehead atoms. The zero-order chi connectivity index (χ0) is 19.5.